The molecule has 0 aromatic heterocycles. The van der Waals surface area contributed by atoms with E-state index in [1.807, 2.05) is 18.2 Å². The lowest BCUT2D eigenvalue weighted by atomic mass is 9.52. The van der Waals surface area contributed by atoms with Gasteiger partial charge in [0.05, 0.1) is 5.41 Å². The molecule has 2 aliphatic carbocycles. The summed E-state index contributed by atoms with van der Waals surface area (Å²) in [6.07, 6.45) is 6.50. The molecule has 4 nitrogen and oxygen atoms in total. The molecule has 1 spiro atoms. The minimum Gasteiger partial charge on any atom is -0.458 e. The third-order valence-corrected chi connectivity index (χ3v) is 6.40. The van der Waals surface area contributed by atoms with E-state index < -0.39 is 17.3 Å². The summed E-state index contributed by atoms with van der Waals surface area (Å²) in [4.78, 5) is 2.44. The van der Waals surface area contributed by atoms with Gasteiger partial charge in [0.2, 0.25) is 5.79 Å². The van der Waals surface area contributed by atoms with E-state index in [-0.39, 0.29) is 5.92 Å². The van der Waals surface area contributed by atoms with E-state index in [1.165, 1.54) is 5.56 Å². The Kier molecular flexibility index (Phi) is 2.55. The largest absolute Gasteiger partial charge is 0.458 e. The zero-order valence-electron chi connectivity index (χ0n) is 13.0. The van der Waals surface area contributed by atoms with Crippen molar-refractivity contribution in [2.75, 3.05) is 13.1 Å². The summed E-state index contributed by atoms with van der Waals surface area (Å²) in [7, 11) is 0. The lowest BCUT2D eigenvalue weighted by molar-refractivity contribution is -0.249. The maximum absolute atomic E-state index is 11.4. The number of piperidine rings is 1. The van der Waals surface area contributed by atoms with Crippen LogP contribution in [0, 0.1) is 5.92 Å². The average molecular weight is 311 g/mol. The lowest BCUT2D eigenvalue weighted by Gasteiger charge is -2.59. The van der Waals surface area contributed by atoms with Crippen LogP contribution in [-0.2, 0) is 11.8 Å². The second-order valence-electron chi connectivity index (χ2n) is 7.22. The van der Waals surface area contributed by atoms with Gasteiger partial charge in [-0.15, -0.1) is 6.58 Å². The molecule has 1 saturated heterocycles. The quantitative estimate of drug-likeness (QED) is 0.810. The van der Waals surface area contributed by atoms with Crippen molar-refractivity contribution in [1.29, 1.82) is 0 Å². The zero-order valence-corrected chi connectivity index (χ0v) is 13.0. The number of hydrogen-bond donors (Lipinski definition) is 2. The molecule has 1 fully saturated rings. The Labute approximate surface area is 135 Å². The topological polar surface area (TPSA) is 52.9 Å². The van der Waals surface area contributed by atoms with Crippen molar-refractivity contribution in [2.45, 2.75) is 36.2 Å². The van der Waals surface area contributed by atoms with E-state index >= 15 is 0 Å². The first-order valence-electron chi connectivity index (χ1n) is 8.37. The fourth-order valence-corrected chi connectivity index (χ4v) is 5.54. The Hall–Kier alpha value is -1.62. The van der Waals surface area contributed by atoms with E-state index in [4.69, 9.17) is 4.74 Å². The van der Waals surface area contributed by atoms with E-state index in [0.29, 0.717) is 6.04 Å². The zero-order chi connectivity index (χ0) is 15.8. The number of rotatable bonds is 2. The predicted molar refractivity (Wildman–Crippen MR) is 86.2 cm³/mol. The molecule has 2 N–H and O–H groups in total. The molecule has 1 aromatic carbocycles. The standard InChI is InChI=1S/C19H21NO3/c1-2-9-20-10-8-18-13-6-7-16(21)19(18,22)23-15-5-3-4-12(17(15)18)11-14(13)20/h2-7,13-14,16,21-22H,1,8-11H2/t13-,14+,16?,18-,19?/m0/s1. The van der Waals surface area contributed by atoms with E-state index in [1.54, 1.807) is 6.08 Å². The van der Waals surface area contributed by atoms with Crippen LogP contribution in [0.2, 0.25) is 0 Å². The summed E-state index contributed by atoms with van der Waals surface area (Å²) in [6, 6.07) is 6.35. The Morgan fingerprint density at radius 1 is 1.39 bits per heavy atom. The Balaban J connectivity index is 1.78. The number of aliphatic hydroxyl groups excluding tert-OH is 1. The molecular weight excluding hydrogens is 290 g/mol. The van der Waals surface area contributed by atoms with Crippen molar-refractivity contribution in [3.63, 3.8) is 0 Å². The van der Waals surface area contributed by atoms with Crippen molar-refractivity contribution >= 4 is 0 Å². The van der Waals surface area contributed by atoms with Gasteiger partial charge in [-0.05, 0) is 31.0 Å². The third kappa shape index (κ3) is 1.39. The highest BCUT2D eigenvalue weighted by atomic mass is 16.6. The van der Waals surface area contributed by atoms with Crippen LogP contribution in [0.4, 0.5) is 0 Å². The van der Waals surface area contributed by atoms with E-state index in [0.717, 1.165) is 37.2 Å². The highest BCUT2D eigenvalue weighted by Crippen LogP contribution is 2.64. The minimum atomic E-state index is -1.55. The highest BCUT2D eigenvalue weighted by molar-refractivity contribution is 5.57. The molecule has 120 valence electrons. The summed E-state index contributed by atoms with van der Waals surface area (Å²) in [5.74, 6) is -0.654. The van der Waals surface area contributed by atoms with Gasteiger partial charge in [-0.3, -0.25) is 4.90 Å². The van der Waals surface area contributed by atoms with Gasteiger partial charge >= 0.3 is 0 Å². The van der Waals surface area contributed by atoms with Crippen LogP contribution >= 0.6 is 0 Å². The molecule has 4 heteroatoms. The van der Waals surface area contributed by atoms with E-state index in [9.17, 15) is 10.2 Å². The van der Waals surface area contributed by atoms with Gasteiger partial charge in [-0.2, -0.15) is 0 Å². The van der Waals surface area contributed by atoms with Crippen LogP contribution in [0.5, 0.6) is 5.75 Å². The van der Waals surface area contributed by atoms with Gasteiger partial charge in [0.15, 0.2) is 0 Å². The summed E-state index contributed by atoms with van der Waals surface area (Å²) >= 11 is 0. The summed E-state index contributed by atoms with van der Waals surface area (Å²) in [5.41, 5.74) is 1.84. The van der Waals surface area contributed by atoms with Gasteiger partial charge in [-0.1, -0.05) is 30.4 Å². The number of likely N-dealkylation sites (tertiary alicyclic amines) is 1. The van der Waals surface area contributed by atoms with Gasteiger partial charge in [0, 0.05) is 24.1 Å². The maximum atomic E-state index is 11.4. The van der Waals surface area contributed by atoms with E-state index in [2.05, 4.69) is 23.6 Å². The molecule has 0 saturated carbocycles. The molecule has 5 atom stereocenters. The fourth-order valence-electron chi connectivity index (χ4n) is 5.54. The highest BCUT2D eigenvalue weighted by Gasteiger charge is 2.71. The number of benzene rings is 1. The molecule has 2 heterocycles. The summed E-state index contributed by atoms with van der Waals surface area (Å²) in [5, 5.41) is 21.9. The molecule has 1 aromatic rings. The lowest BCUT2D eigenvalue weighted by Crippen LogP contribution is -2.71. The fraction of sp³-hybridized carbons (Fsp3) is 0.474. The molecule has 2 bridgehead atoms. The van der Waals surface area contributed by atoms with Crippen LogP contribution in [0.15, 0.2) is 43.0 Å². The molecule has 2 aliphatic heterocycles. The molecule has 0 amide bonds. The van der Waals surface area contributed by atoms with Crippen LogP contribution in [-0.4, -0.2) is 46.1 Å². The smallest absolute Gasteiger partial charge is 0.248 e. The molecule has 23 heavy (non-hydrogen) atoms. The molecule has 0 radical (unpaired) electrons. The first-order valence-corrected chi connectivity index (χ1v) is 8.37. The van der Waals surface area contributed by atoms with Crippen molar-refractivity contribution in [2.24, 2.45) is 5.92 Å². The van der Waals surface area contributed by atoms with Crippen LogP contribution in [0.1, 0.15) is 17.5 Å². The van der Waals surface area contributed by atoms with Gasteiger partial charge < -0.3 is 14.9 Å². The Bertz CT molecular complexity index is 729. The third-order valence-electron chi connectivity index (χ3n) is 6.40. The van der Waals surface area contributed by atoms with Crippen molar-refractivity contribution in [3.05, 3.63) is 54.1 Å². The van der Waals surface area contributed by atoms with Gasteiger partial charge in [0.25, 0.3) is 0 Å². The summed E-state index contributed by atoms with van der Waals surface area (Å²) < 4.78 is 5.99. The van der Waals surface area contributed by atoms with Crippen molar-refractivity contribution < 1.29 is 14.9 Å². The SMILES string of the molecule is C=CCN1CC[C@]23c4c5cccc4OC2(O)C(O)C=C[C@H]3[C@H]1C5. The Morgan fingerprint density at radius 2 is 2.26 bits per heavy atom. The number of aliphatic hydroxyl groups is 2. The minimum absolute atomic E-state index is 0.153. The maximum Gasteiger partial charge on any atom is 0.248 e. The first-order chi connectivity index (χ1) is 11.1. The van der Waals surface area contributed by atoms with Gasteiger partial charge in [-0.25, -0.2) is 0 Å². The van der Waals surface area contributed by atoms with Crippen LogP contribution in [0.25, 0.3) is 0 Å². The molecular formula is C19H21NO3. The average Bonchev–Trinajstić information content (AvgIpc) is 2.81. The summed E-state index contributed by atoms with van der Waals surface area (Å²) in [6.45, 7) is 5.62. The second-order valence-corrected chi connectivity index (χ2v) is 7.22. The van der Waals surface area contributed by atoms with Gasteiger partial charge in [0.1, 0.15) is 11.9 Å². The number of ether oxygens (including phenoxy) is 1. The number of hydrogen-bond acceptors (Lipinski definition) is 4. The molecule has 4 aliphatic rings. The molecule has 5 rings (SSSR count). The van der Waals surface area contributed by atoms with Crippen molar-refractivity contribution in [1.82, 2.24) is 4.90 Å². The second kappa shape index (κ2) is 4.26. The normalized spacial score (nSPS) is 43.0. The molecule has 2 unspecified atom stereocenters. The Morgan fingerprint density at radius 3 is 3.09 bits per heavy atom. The first kappa shape index (κ1) is 13.8. The number of nitrogens with zero attached hydrogens (tertiary/aromatic N) is 1. The monoisotopic (exact) mass is 311 g/mol. The predicted octanol–water partition coefficient (Wildman–Crippen LogP) is 1.37. The van der Waals surface area contributed by atoms with Crippen molar-refractivity contribution in [3.8, 4) is 5.75 Å². The van der Waals surface area contributed by atoms with Crippen LogP contribution in [0.3, 0.4) is 0 Å². The van der Waals surface area contributed by atoms with Crippen LogP contribution < -0.4 is 4.74 Å².